The molecule has 1 aliphatic heterocycles. The molecule has 7 heteroatoms. The molecule has 2 aliphatic carbocycles. The molecule has 3 aliphatic rings. The molecule has 1 saturated heterocycles. The first-order valence-corrected chi connectivity index (χ1v) is 13.7. The van der Waals surface area contributed by atoms with E-state index in [4.69, 9.17) is 0 Å². The molecule has 1 N–H and O–H groups in total. The number of hydrogen-bond acceptors (Lipinski definition) is 5. The Morgan fingerprint density at radius 1 is 1.00 bits per heavy atom. The van der Waals surface area contributed by atoms with Crippen LogP contribution in [0.5, 0.6) is 0 Å². The number of hydrogen-bond donors (Lipinski definition) is 1. The van der Waals surface area contributed by atoms with Crippen molar-refractivity contribution in [3.05, 3.63) is 51.1 Å². The molecule has 186 valence electrons. The predicted molar refractivity (Wildman–Crippen MR) is 138 cm³/mol. The van der Waals surface area contributed by atoms with Crippen LogP contribution in [-0.4, -0.2) is 43.2 Å². The van der Waals surface area contributed by atoms with Gasteiger partial charge in [0.05, 0.1) is 11.6 Å². The van der Waals surface area contributed by atoms with Gasteiger partial charge in [-0.2, -0.15) is 0 Å². The number of piperidine rings is 1. The number of aromatic amines is 1. The van der Waals surface area contributed by atoms with Crippen molar-refractivity contribution in [1.29, 1.82) is 0 Å². The van der Waals surface area contributed by atoms with Gasteiger partial charge in [0.15, 0.2) is 5.82 Å². The lowest BCUT2D eigenvalue weighted by molar-refractivity contribution is 0.0335. The number of benzene rings is 1. The Bertz CT molecular complexity index is 1260. The molecule has 0 radical (unpaired) electrons. The maximum Gasteiger partial charge on any atom is 0.253 e. The lowest BCUT2D eigenvalue weighted by Crippen LogP contribution is -2.47. The van der Waals surface area contributed by atoms with Crippen LogP contribution < -0.4 is 5.56 Å². The summed E-state index contributed by atoms with van der Waals surface area (Å²) in [7, 11) is 0. The van der Waals surface area contributed by atoms with Crippen LogP contribution in [0.15, 0.2) is 23.0 Å². The van der Waals surface area contributed by atoms with Crippen LogP contribution >= 0.6 is 0 Å². The molecule has 3 heterocycles. The average Bonchev–Trinajstić information content (AvgIpc) is 3.53. The quantitative estimate of drug-likeness (QED) is 0.549. The molecule has 2 saturated carbocycles. The second-order valence-electron chi connectivity index (χ2n) is 11.6. The van der Waals surface area contributed by atoms with Gasteiger partial charge in [-0.25, -0.2) is 4.68 Å². The van der Waals surface area contributed by atoms with Crippen molar-refractivity contribution in [2.75, 3.05) is 13.1 Å². The van der Waals surface area contributed by atoms with Gasteiger partial charge in [0.1, 0.15) is 6.04 Å². The van der Waals surface area contributed by atoms with Crippen molar-refractivity contribution < 1.29 is 0 Å². The van der Waals surface area contributed by atoms with E-state index in [1.165, 1.54) is 63.4 Å². The highest BCUT2D eigenvalue weighted by Crippen LogP contribution is 2.46. The smallest absolute Gasteiger partial charge is 0.253 e. The summed E-state index contributed by atoms with van der Waals surface area (Å²) < 4.78 is 2.06. The van der Waals surface area contributed by atoms with Gasteiger partial charge in [-0.05, 0) is 97.8 Å². The Morgan fingerprint density at radius 3 is 2.57 bits per heavy atom. The average molecular weight is 475 g/mol. The van der Waals surface area contributed by atoms with Crippen molar-refractivity contribution in [3.8, 4) is 0 Å². The van der Waals surface area contributed by atoms with Crippen LogP contribution in [-0.2, 0) is 0 Å². The number of rotatable bonds is 4. The van der Waals surface area contributed by atoms with Crippen molar-refractivity contribution >= 4 is 10.9 Å². The van der Waals surface area contributed by atoms with Gasteiger partial charge >= 0.3 is 0 Å². The zero-order chi connectivity index (χ0) is 24.0. The van der Waals surface area contributed by atoms with Gasteiger partial charge < -0.3 is 4.98 Å². The van der Waals surface area contributed by atoms with Crippen molar-refractivity contribution in [3.63, 3.8) is 0 Å². The minimum absolute atomic E-state index is 0.0151. The second kappa shape index (κ2) is 9.16. The predicted octanol–water partition coefficient (Wildman–Crippen LogP) is 5.38. The molecule has 1 unspecified atom stereocenters. The lowest BCUT2D eigenvalue weighted by Gasteiger charge is -2.47. The molecule has 6 rings (SSSR count). The fourth-order valence-corrected chi connectivity index (χ4v) is 7.37. The summed E-state index contributed by atoms with van der Waals surface area (Å²) in [4.78, 5) is 19.5. The highest BCUT2D eigenvalue weighted by Gasteiger charge is 2.41. The number of nitrogens with one attached hydrogen (secondary N) is 1. The number of nitrogens with zero attached hydrogens (tertiary/aromatic N) is 5. The summed E-state index contributed by atoms with van der Waals surface area (Å²) in [6.45, 7) is 6.20. The molecular formula is C28H38N6O. The summed E-state index contributed by atoms with van der Waals surface area (Å²) in [5.74, 6) is 0.846. The van der Waals surface area contributed by atoms with Gasteiger partial charge in [0.2, 0.25) is 0 Å². The van der Waals surface area contributed by atoms with Gasteiger partial charge in [-0.3, -0.25) is 9.69 Å². The third-order valence-corrected chi connectivity index (χ3v) is 9.02. The molecule has 0 bridgehead atoms. The minimum atomic E-state index is -0.223. The zero-order valence-electron chi connectivity index (χ0n) is 21.2. The molecule has 3 fully saturated rings. The molecule has 1 atom stereocenters. The summed E-state index contributed by atoms with van der Waals surface area (Å²) in [6.07, 6.45) is 13.7. The van der Waals surface area contributed by atoms with Crippen molar-refractivity contribution in [2.24, 2.45) is 5.41 Å². The van der Waals surface area contributed by atoms with Gasteiger partial charge in [-0.1, -0.05) is 43.7 Å². The second-order valence-corrected chi connectivity index (χ2v) is 11.6. The Labute approximate surface area is 207 Å². The van der Waals surface area contributed by atoms with Gasteiger partial charge in [0, 0.05) is 12.1 Å². The molecule has 2 aromatic heterocycles. The Morgan fingerprint density at radius 2 is 1.77 bits per heavy atom. The number of likely N-dealkylation sites (tertiary alicyclic amines) is 1. The van der Waals surface area contributed by atoms with E-state index in [-0.39, 0.29) is 11.6 Å². The van der Waals surface area contributed by atoms with Gasteiger partial charge in [-0.15, -0.1) is 5.10 Å². The minimum Gasteiger partial charge on any atom is -0.321 e. The summed E-state index contributed by atoms with van der Waals surface area (Å²) in [6, 6.07) is 6.54. The van der Waals surface area contributed by atoms with E-state index >= 15 is 0 Å². The standard InChI is InChI=1S/C28H38N6O/c1-19-15-20(2)24-21(16-19)17-23(27(35)29-24)25(26-30-31-32-34(26)22-9-4-5-10-22)33-14-8-13-28(18-33)11-6-3-7-12-28/h15-17,22,25H,3-14,18H2,1-2H3,(H,29,35). The zero-order valence-corrected chi connectivity index (χ0v) is 21.2. The van der Waals surface area contributed by atoms with E-state index in [9.17, 15) is 4.79 Å². The molecular weight excluding hydrogens is 436 g/mol. The SMILES string of the molecule is Cc1cc(C)c2[nH]c(=O)c(C(c3nnnn3C3CCCC3)N3CCCC4(CCCCC4)C3)cc2c1. The number of pyridine rings is 1. The van der Waals surface area contributed by atoms with Crippen LogP contribution in [0, 0.1) is 19.3 Å². The number of aromatic nitrogens is 5. The third-order valence-electron chi connectivity index (χ3n) is 9.02. The van der Waals surface area contributed by atoms with Crippen LogP contribution in [0.3, 0.4) is 0 Å². The molecule has 1 aromatic carbocycles. The summed E-state index contributed by atoms with van der Waals surface area (Å²) in [5.41, 5.74) is 4.38. The largest absolute Gasteiger partial charge is 0.321 e. The van der Waals surface area contributed by atoms with Crippen LogP contribution in [0.1, 0.15) is 105 Å². The monoisotopic (exact) mass is 474 g/mol. The fraction of sp³-hybridized carbons (Fsp3) is 0.643. The maximum atomic E-state index is 13.7. The van der Waals surface area contributed by atoms with E-state index in [2.05, 4.69) is 62.1 Å². The number of fused-ring (bicyclic) bond motifs is 1. The van der Waals surface area contributed by atoms with E-state index in [1.54, 1.807) is 0 Å². The highest BCUT2D eigenvalue weighted by atomic mass is 16.1. The normalized spacial score (nSPS) is 22.2. The Hall–Kier alpha value is -2.54. The molecule has 3 aromatic rings. The Balaban J connectivity index is 1.49. The van der Waals surface area contributed by atoms with E-state index in [0.29, 0.717) is 11.5 Å². The van der Waals surface area contributed by atoms with Crippen molar-refractivity contribution in [2.45, 2.75) is 96.6 Å². The first-order valence-electron chi connectivity index (χ1n) is 13.7. The number of H-pyrrole nitrogens is 1. The van der Waals surface area contributed by atoms with Crippen LogP contribution in [0.4, 0.5) is 0 Å². The fourth-order valence-electron chi connectivity index (χ4n) is 7.37. The van der Waals surface area contributed by atoms with Crippen molar-refractivity contribution in [1.82, 2.24) is 30.1 Å². The topological polar surface area (TPSA) is 79.7 Å². The Kier molecular flexibility index (Phi) is 5.99. The van der Waals surface area contributed by atoms with Crippen LogP contribution in [0.25, 0.3) is 10.9 Å². The molecule has 0 amide bonds. The summed E-state index contributed by atoms with van der Waals surface area (Å²) in [5, 5.41) is 14.3. The molecule has 7 nitrogen and oxygen atoms in total. The number of tetrazole rings is 1. The van der Waals surface area contributed by atoms with Gasteiger partial charge in [0.25, 0.3) is 5.56 Å². The first kappa shape index (κ1) is 22.9. The highest BCUT2D eigenvalue weighted by molar-refractivity contribution is 5.83. The van der Waals surface area contributed by atoms with E-state index < -0.39 is 0 Å². The van der Waals surface area contributed by atoms with E-state index in [1.807, 2.05) is 0 Å². The summed E-state index contributed by atoms with van der Waals surface area (Å²) >= 11 is 0. The maximum absolute atomic E-state index is 13.7. The van der Waals surface area contributed by atoms with Crippen LogP contribution in [0.2, 0.25) is 0 Å². The molecule has 1 spiro atoms. The third kappa shape index (κ3) is 4.22. The number of aryl methyl sites for hydroxylation is 2. The lowest BCUT2D eigenvalue weighted by atomic mass is 9.69. The molecule has 35 heavy (non-hydrogen) atoms. The van der Waals surface area contributed by atoms with E-state index in [0.717, 1.165) is 53.8 Å². The first-order chi connectivity index (χ1) is 17.0.